The summed E-state index contributed by atoms with van der Waals surface area (Å²) in [4.78, 5) is 12.1. The maximum absolute atomic E-state index is 12.1. The van der Waals surface area contributed by atoms with Crippen molar-refractivity contribution in [3.8, 4) is 0 Å². The van der Waals surface area contributed by atoms with Crippen LogP contribution in [0, 0.1) is 13.8 Å². The van der Waals surface area contributed by atoms with Crippen molar-refractivity contribution in [2.24, 2.45) is 0 Å². The molecule has 1 aliphatic rings. The van der Waals surface area contributed by atoms with Gasteiger partial charge in [-0.2, -0.15) is 0 Å². The number of carbonyl (C=O) groups excluding carboxylic acids is 1. The van der Waals surface area contributed by atoms with Crippen LogP contribution in [0.3, 0.4) is 0 Å². The first-order valence-corrected chi connectivity index (χ1v) is 6.60. The minimum Gasteiger partial charge on any atom is -0.325 e. The number of rotatable bonds is 2. The molecule has 1 amide bonds. The Morgan fingerprint density at radius 3 is 2.63 bits per heavy atom. The lowest BCUT2D eigenvalue weighted by atomic mass is 9.92. The third-order valence-electron chi connectivity index (χ3n) is 3.68. The van der Waals surface area contributed by atoms with Crippen LogP contribution in [0.2, 0.25) is 0 Å². The first-order chi connectivity index (χ1) is 9.13. The lowest BCUT2D eigenvalue weighted by Gasteiger charge is -2.10. The van der Waals surface area contributed by atoms with Gasteiger partial charge in [0.2, 0.25) is 5.91 Å². The second kappa shape index (κ2) is 4.54. The number of aryl methyl sites for hydroxylation is 2. The number of carbonyl (C=O) groups is 1. The quantitative estimate of drug-likeness (QED) is 0.868. The van der Waals surface area contributed by atoms with Crippen molar-refractivity contribution >= 4 is 11.6 Å². The zero-order valence-electron chi connectivity index (χ0n) is 11.2. The van der Waals surface area contributed by atoms with E-state index in [0.29, 0.717) is 0 Å². The number of anilines is 1. The first kappa shape index (κ1) is 12.0. The zero-order valence-corrected chi connectivity index (χ0v) is 11.2. The second-order valence-corrected chi connectivity index (χ2v) is 5.33. The molecule has 1 heterocycles. The van der Waals surface area contributed by atoms with Crippen molar-refractivity contribution in [2.75, 3.05) is 5.32 Å². The Morgan fingerprint density at radius 2 is 1.84 bits per heavy atom. The molecule has 1 aliphatic heterocycles. The molecule has 19 heavy (non-hydrogen) atoms. The lowest BCUT2D eigenvalue weighted by molar-refractivity contribution is -0.117. The minimum absolute atomic E-state index is 0.0586. The maximum atomic E-state index is 12.1. The molecular formula is C17H17NO. The Morgan fingerprint density at radius 1 is 1.05 bits per heavy atom. The molecule has 1 N–H and O–H groups in total. The van der Waals surface area contributed by atoms with E-state index in [1.165, 1.54) is 16.7 Å². The van der Waals surface area contributed by atoms with Crippen LogP contribution in [0.25, 0.3) is 0 Å². The van der Waals surface area contributed by atoms with E-state index in [9.17, 15) is 4.79 Å². The molecule has 0 bridgehead atoms. The number of nitrogens with one attached hydrogen (secondary N) is 1. The van der Waals surface area contributed by atoms with Crippen molar-refractivity contribution in [3.63, 3.8) is 0 Å². The average molecular weight is 251 g/mol. The Hall–Kier alpha value is -2.09. The van der Waals surface area contributed by atoms with Gasteiger partial charge in [-0.15, -0.1) is 0 Å². The molecule has 0 radical (unpaired) electrons. The highest BCUT2D eigenvalue weighted by Gasteiger charge is 2.30. The second-order valence-electron chi connectivity index (χ2n) is 5.33. The fraction of sp³-hybridized carbons (Fsp3) is 0.235. The van der Waals surface area contributed by atoms with Gasteiger partial charge in [0, 0.05) is 5.69 Å². The van der Waals surface area contributed by atoms with Crippen LogP contribution in [0.15, 0.2) is 42.5 Å². The summed E-state index contributed by atoms with van der Waals surface area (Å²) in [5, 5.41) is 2.97. The molecule has 1 atom stereocenters. The van der Waals surface area contributed by atoms with Crippen LogP contribution in [0.5, 0.6) is 0 Å². The summed E-state index contributed by atoms with van der Waals surface area (Å²) in [6.45, 7) is 4.14. The van der Waals surface area contributed by atoms with E-state index in [0.717, 1.165) is 17.7 Å². The van der Waals surface area contributed by atoms with E-state index in [2.05, 4.69) is 49.5 Å². The van der Waals surface area contributed by atoms with Crippen LogP contribution < -0.4 is 5.32 Å². The van der Waals surface area contributed by atoms with Crippen molar-refractivity contribution in [1.82, 2.24) is 0 Å². The predicted octanol–water partition coefficient (Wildman–Crippen LogP) is 3.58. The molecule has 0 saturated carbocycles. The van der Waals surface area contributed by atoms with Gasteiger partial charge in [0.25, 0.3) is 0 Å². The van der Waals surface area contributed by atoms with E-state index in [4.69, 9.17) is 0 Å². The number of amides is 1. The van der Waals surface area contributed by atoms with E-state index < -0.39 is 0 Å². The summed E-state index contributed by atoms with van der Waals surface area (Å²) in [6.07, 6.45) is 0.768. The monoisotopic (exact) mass is 251 g/mol. The van der Waals surface area contributed by atoms with Crippen molar-refractivity contribution in [3.05, 3.63) is 64.7 Å². The molecule has 96 valence electrons. The molecule has 2 heteroatoms. The van der Waals surface area contributed by atoms with Gasteiger partial charge in [0.15, 0.2) is 0 Å². The van der Waals surface area contributed by atoms with Crippen molar-refractivity contribution in [2.45, 2.75) is 26.2 Å². The van der Waals surface area contributed by atoms with Gasteiger partial charge in [-0.05, 0) is 37.5 Å². The zero-order chi connectivity index (χ0) is 13.4. The van der Waals surface area contributed by atoms with Gasteiger partial charge in [-0.25, -0.2) is 0 Å². The van der Waals surface area contributed by atoms with Gasteiger partial charge >= 0.3 is 0 Å². The number of hydrogen-bond donors (Lipinski definition) is 1. The van der Waals surface area contributed by atoms with E-state index in [1.54, 1.807) is 0 Å². The van der Waals surface area contributed by atoms with Crippen LogP contribution in [0.1, 0.15) is 28.2 Å². The summed E-state index contributed by atoms with van der Waals surface area (Å²) < 4.78 is 0. The van der Waals surface area contributed by atoms with Crippen molar-refractivity contribution in [1.29, 1.82) is 0 Å². The Balaban J connectivity index is 1.94. The third kappa shape index (κ3) is 2.26. The van der Waals surface area contributed by atoms with Crippen LogP contribution in [-0.4, -0.2) is 5.91 Å². The topological polar surface area (TPSA) is 29.1 Å². The number of benzene rings is 2. The maximum Gasteiger partial charge on any atom is 0.232 e. The minimum atomic E-state index is -0.0586. The van der Waals surface area contributed by atoms with Crippen molar-refractivity contribution < 1.29 is 4.79 Å². The highest BCUT2D eigenvalue weighted by atomic mass is 16.2. The Labute approximate surface area is 113 Å². The standard InChI is InChI=1S/C17H17NO/c1-11-4-3-5-13(8-11)10-15-14-9-12(2)6-7-16(14)18-17(15)19/h3-9,15H,10H2,1-2H3,(H,18,19). The highest BCUT2D eigenvalue weighted by Crippen LogP contribution is 2.35. The molecule has 0 fully saturated rings. The van der Waals surface area contributed by atoms with Gasteiger partial charge in [-0.1, -0.05) is 47.5 Å². The summed E-state index contributed by atoms with van der Waals surface area (Å²) in [5.41, 5.74) is 5.75. The summed E-state index contributed by atoms with van der Waals surface area (Å²) >= 11 is 0. The SMILES string of the molecule is Cc1cccc(CC2C(=O)Nc3ccc(C)cc32)c1. The highest BCUT2D eigenvalue weighted by molar-refractivity contribution is 6.03. The number of fused-ring (bicyclic) bond motifs is 1. The van der Waals surface area contributed by atoms with Gasteiger partial charge < -0.3 is 5.32 Å². The summed E-state index contributed by atoms with van der Waals surface area (Å²) in [5.74, 6) is 0.0545. The summed E-state index contributed by atoms with van der Waals surface area (Å²) in [6, 6.07) is 14.5. The van der Waals surface area contributed by atoms with E-state index in [1.807, 2.05) is 12.1 Å². The van der Waals surface area contributed by atoms with E-state index >= 15 is 0 Å². The predicted molar refractivity (Wildman–Crippen MR) is 77.4 cm³/mol. The molecule has 0 saturated heterocycles. The van der Waals surface area contributed by atoms with E-state index in [-0.39, 0.29) is 11.8 Å². The normalized spacial score (nSPS) is 17.2. The number of hydrogen-bond acceptors (Lipinski definition) is 1. The average Bonchev–Trinajstić information content (AvgIpc) is 2.66. The third-order valence-corrected chi connectivity index (χ3v) is 3.68. The Bertz CT molecular complexity index is 645. The van der Waals surface area contributed by atoms with Crippen LogP contribution >= 0.6 is 0 Å². The van der Waals surface area contributed by atoms with Crippen LogP contribution in [0.4, 0.5) is 5.69 Å². The molecule has 2 nitrogen and oxygen atoms in total. The molecule has 3 rings (SSSR count). The van der Waals surface area contributed by atoms with Crippen LogP contribution in [-0.2, 0) is 11.2 Å². The first-order valence-electron chi connectivity index (χ1n) is 6.60. The molecule has 0 aromatic heterocycles. The fourth-order valence-corrected chi connectivity index (χ4v) is 2.72. The molecule has 2 aromatic rings. The lowest BCUT2D eigenvalue weighted by Crippen LogP contribution is -2.14. The Kier molecular flexibility index (Phi) is 2.86. The van der Waals surface area contributed by atoms with Gasteiger partial charge in [0.1, 0.15) is 0 Å². The molecule has 1 unspecified atom stereocenters. The van der Waals surface area contributed by atoms with Gasteiger partial charge in [-0.3, -0.25) is 4.79 Å². The summed E-state index contributed by atoms with van der Waals surface area (Å²) in [7, 11) is 0. The van der Waals surface area contributed by atoms with Gasteiger partial charge in [0.05, 0.1) is 5.92 Å². The molecule has 0 spiro atoms. The molecular weight excluding hydrogens is 234 g/mol. The largest absolute Gasteiger partial charge is 0.325 e. The smallest absolute Gasteiger partial charge is 0.232 e. The molecule has 2 aromatic carbocycles. The molecule has 0 aliphatic carbocycles. The fourth-order valence-electron chi connectivity index (χ4n) is 2.72.